The number of hydrogen-bond donors (Lipinski definition) is 0. The summed E-state index contributed by atoms with van der Waals surface area (Å²) in [5, 5.41) is 1.02. The van der Waals surface area contributed by atoms with Crippen molar-refractivity contribution < 1.29 is 0 Å². The maximum atomic E-state index is 5.65. The third kappa shape index (κ3) is 4.52. The van der Waals surface area contributed by atoms with Gasteiger partial charge in [0.15, 0.2) is 5.11 Å². The van der Waals surface area contributed by atoms with Crippen molar-refractivity contribution >= 4 is 17.3 Å². The van der Waals surface area contributed by atoms with Crippen LogP contribution in [-0.2, 0) is 12.8 Å². The number of hydrogen-bond acceptors (Lipinski definition) is 2. The first-order valence-electron chi connectivity index (χ1n) is 8.29. The first-order valence-corrected chi connectivity index (χ1v) is 8.70. The van der Waals surface area contributed by atoms with E-state index in [0.29, 0.717) is 0 Å². The molecule has 3 rings (SSSR count). The molecule has 1 aliphatic rings. The molecule has 0 saturated carbocycles. The lowest BCUT2D eigenvalue weighted by Crippen LogP contribution is -2.33. The maximum Gasteiger partial charge on any atom is 0.171 e. The molecule has 3 nitrogen and oxygen atoms in total. The predicted molar refractivity (Wildman–Crippen MR) is 98.4 cm³/mol. The molecule has 1 aliphatic heterocycles. The average Bonchev–Trinajstić information content (AvgIpc) is 2.95. The third-order valence-electron chi connectivity index (χ3n) is 4.34. The van der Waals surface area contributed by atoms with Crippen LogP contribution < -0.4 is 0 Å². The summed E-state index contributed by atoms with van der Waals surface area (Å²) in [5.74, 6) is 0. The minimum absolute atomic E-state index is 1.02. The molecule has 2 heterocycles. The van der Waals surface area contributed by atoms with Crippen LogP contribution >= 0.6 is 12.2 Å². The zero-order valence-corrected chi connectivity index (χ0v) is 14.2. The highest BCUT2D eigenvalue weighted by Gasteiger charge is 2.23. The van der Waals surface area contributed by atoms with Crippen molar-refractivity contribution in [2.45, 2.75) is 19.3 Å². The summed E-state index contributed by atoms with van der Waals surface area (Å²) < 4.78 is 0. The van der Waals surface area contributed by atoms with E-state index in [1.165, 1.54) is 11.1 Å². The fraction of sp³-hybridized carbons (Fsp3) is 0.368. The van der Waals surface area contributed by atoms with Gasteiger partial charge in [0.2, 0.25) is 0 Å². The van der Waals surface area contributed by atoms with Crippen molar-refractivity contribution in [1.29, 1.82) is 0 Å². The van der Waals surface area contributed by atoms with Gasteiger partial charge in [0.1, 0.15) is 0 Å². The van der Waals surface area contributed by atoms with E-state index in [4.69, 9.17) is 12.2 Å². The summed E-state index contributed by atoms with van der Waals surface area (Å²) in [5.41, 5.74) is 2.73. The number of benzene rings is 1. The number of aromatic nitrogens is 1. The topological polar surface area (TPSA) is 19.4 Å². The van der Waals surface area contributed by atoms with Gasteiger partial charge < -0.3 is 9.80 Å². The molecule has 0 aliphatic carbocycles. The van der Waals surface area contributed by atoms with Crippen LogP contribution in [0, 0.1) is 0 Å². The summed E-state index contributed by atoms with van der Waals surface area (Å²) in [6.07, 6.45) is 7.01. The van der Waals surface area contributed by atoms with Gasteiger partial charge >= 0.3 is 0 Å². The van der Waals surface area contributed by atoms with Gasteiger partial charge in [-0.25, -0.2) is 0 Å². The number of aryl methyl sites for hydroxylation is 1. The Morgan fingerprint density at radius 3 is 2.22 bits per heavy atom. The lowest BCUT2D eigenvalue weighted by Gasteiger charge is -2.22. The van der Waals surface area contributed by atoms with E-state index in [1.54, 1.807) is 0 Å². The van der Waals surface area contributed by atoms with Gasteiger partial charge in [-0.2, -0.15) is 0 Å². The summed E-state index contributed by atoms with van der Waals surface area (Å²) in [6.45, 7) is 4.18. The van der Waals surface area contributed by atoms with Gasteiger partial charge in [-0.1, -0.05) is 30.3 Å². The van der Waals surface area contributed by atoms with E-state index in [0.717, 1.165) is 50.6 Å². The lowest BCUT2D eigenvalue weighted by atomic mass is 10.1. The molecular formula is C19H23N3S. The molecule has 1 aromatic heterocycles. The molecule has 0 atom stereocenters. The minimum Gasteiger partial charge on any atom is -0.347 e. The Balaban J connectivity index is 1.41. The largest absolute Gasteiger partial charge is 0.347 e. The zero-order valence-electron chi connectivity index (χ0n) is 13.4. The highest BCUT2D eigenvalue weighted by molar-refractivity contribution is 7.80. The standard InChI is InChI=1S/C19H23N3S/c23-19-21(13-4-7-18-8-11-20-12-9-18)15-16-22(19)14-10-17-5-2-1-3-6-17/h1-3,5-6,8-9,11-12H,4,7,10,13-16H2. The van der Waals surface area contributed by atoms with Gasteiger partial charge in [0, 0.05) is 38.6 Å². The fourth-order valence-electron chi connectivity index (χ4n) is 2.98. The van der Waals surface area contributed by atoms with Crippen LogP contribution in [0.1, 0.15) is 17.5 Å². The molecule has 0 unspecified atom stereocenters. The molecule has 0 radical (unpaired) electrons. The number of rotatable bonds is 7. The lowest BCUT2D eigenvalue weighted by molar-refractivity contribution is 0.454. The molecule has 120 valence electrons. The van der Waals surface area contributed by atoms with Gasteiger partial charge in [-0.05, 0) is 54.7 Å². The quantitative estimate of drug-likeness (QED) is 0.728. The molecule has 1 aromatic carbocycles. The van der Waals surface area contributed by atoms with Crippen LogP contribution in [-0.4, -0.2) is 46.1 Å². The highest BCUT2D eigenvalue weighted by atomic mass is 32.1. The molecule has 23 heavy (non-hydrogen) atoms. The predicted octanol–water partition coefficient (Wildman–Crippen LogP) is 3.16. The third-order valence-corrected chi connectivity index (χ3v) is 4.85. The second kappa shape index (κ2) is 8.06. The SMILES string of the molecule is S=C1N(CCCc2ccncc2)CCN1CCc1ccccc1. The van der Waals surface area contributed by atoms with E-state index in [2.05, 4.69) is 57.2 Å². The molecular weight excluding hydrogens is 302 g/mol. The first kappa shape index (κ1) is 15.9. The van der Waals surface area contributed by atoms with Gasteiger partial charge in [-0.3, -0.25) is 4.98 Å². The van der Waals surface area contributed by atoms with Crippen LogP contribution in [0.3, 0.4) is 0 Å². The van der Waals surface area contributed by atoms with Gasteiger partial charge in [-0.15, -0.1) is 0 Å². The van der Waals surface area contributed by atoms with Crippen molar-refractivity contribution in [2.75, 3.05) is 26.2 Å². The van der Waals surface area contributed by atoms with Crippen molar-refractivity contribution in [3.8, 4) is 0 Å². The van der Waals surface area contributed by atoms with Crippen LogP contribution in [0.4, 0.5) is 0 Å². The summed E-state index contributed by atoms with van der Waals surface area (Å²) >= 11 is 5.65. The number of thiocarbonyl (C=S) groups is 1. The normalized spacial score (nSPS) is 14.5. The van der Waals surface area contributed by atoms with Crippen molar-refractivity contribution in [1.82, 2.24) is 14.8 Å². The Kier molecular flexibility index (Phi) is 5.59. The van der Waals surface area contributed by atoms with Gasteiger partial charge in [0.25, 0.3) is 0 Å². The Morgan fingerprint density at radius 2 is 1.48 bits per heavy atom. The molecule has 4 heteroatoms. The second-order valence-electron chi connectivity index (χ2n) is 5.95. The van der Waals surface area contributed by atoms with E-state index >= 15 is 0 Å². The highest BCUT2D eigenvalue weighted by Crippen LogP contribution is 2.12. The van der Waals surface area contributed by atoms with Crippen molar-refractivity contribution in [3.63, 3.8) is 0 Å². The van der Waals surface area contributed by atoms with Gasteiger partial charge in [0.05, 0.1) is 0 Å². The molecule has 0 N–H and O–H groups in total. The summed E-state index contributed by atoms with van der Waals surface area (Å²) in [7, 11) is 0. The Hall–Kier alpha value is -1.94. The molecule has 2 aromatic rings. The molecule has 1 fully saturated rings. The number of pyridine rings is 1. The Bertz CT molecular complexity index is 615. The van der Waals surface area contributed by atoms with E-state index < -0.39 is 0 Å². The van der Waals surface area contributed by atoms with Crippen LogP contribution in [0.2, 0.25) is 0 Å². The Labute approximate surface area is 144 Å². The second-order valence-corrected chi connectivity index (χ2v) is 6.32. The van der Waals surface area contributed by atoms with E-state index in [9.17, 15) is 0 Å². The average molecular weight is 325 g/mol. The summed E-state index contributed by atoms with van der Waals surface area (Å²) in [6, 6.07) is 14.8. The molecule has 1 saturated heterocycles. The Morgan fingerprint density at radius 1 is 0.826 bits per heavy atom. The zero-order chi connectivity index (χ0) is 15.9. The van der Waals surface area contributed by atoms with Crippen LogP contribution in [0.15, 0.2) is 54.9 Å². The number of nitrogens with zero attached hydrogens (tertiary/aromatic N) is 3. The van der Waals surface area contributed by atoms with E-state index in [1.807, 2.05) is 12.4 Å². The first-order chi connectivity index (χ1) is 11.3. The van der Waals surface area contributed by atoms with Crippen LogP contribution in [0.5, 0.6) is 0 Å². The summed E-state index contributed by atoms with van der Waals surface area (Å²) in [4.78, 5) is 8.75. The van der Waals surface area contributed by atoms with Crippen molar-refractivity contribution in [2.24, 2.45) is 0 Å². The molecule has 0 bridgehead atoms. The van der Waals surface area contributed by atoms with E-state index in [-0.39, 0.29) is 0 Å². The molecule has 0 amide bonds. The molecule has 0 spiro atoms. The van der Waals surface area contributed by atoms with Crippen LogP contribution in [0.25, 0.3) is 0 Å². The van der Waals surface area contributed by atoms with Crippen molar-refractivity contribution in [3.05, 3.63) is 66.0 Å². The fourth-order valence-corrected chi connectivity index (χ4v) is 3.34. The monoisotopic (exact) mass is 325 g/mol. The minimum atomic E-state index is 1.02. The maximum absolute atomic E-state index is 5.65. The smallest absolute Gasteiger partial charge is 0.171 e.